The fourth-order valence-corrected chi connectivity index (χ4v) is 4.41. The highest BCUT2D eigenvalue weighted by atomic mass is 16.5. The number of nitrogens with two attached hydrogens (primary N) is 1. The molecule has 0 saturated carbocycles. The van der Waals surface area contributed by atoms with E-state index in [-0.39, 0.29) is 0 Å². The van der Waals surface area contributed by atoms with Gasteiger partial charge in [0.2, 0.25) is 0 Å². The lowest BCUT2D eigenvalue weighted by Gasteiger charge is -2.35. The molecule has 0 fully saturated rings. The van der Waals surface area contributed by atoms with Gasteiger partial charge in [-0.1, -0.05) is 6.07 Å². The van der Waals surface area contributed by atoms with E-state index in [0.29, 0.717) is 6.04 Å². The molecule has 2 aromatic heterocycles. The van der Waals surface area contributed by atoms with Crippen molar-refractivity contribution in [1.82, 2.24) is 14.9 Å². The van der Waals surface area contributed by atoms with Crippen LogP contribution in [0.5, 0.6) is 5.75 Å². The van der Waals surface area contributed by atoms with E-state index >= 15 is 0 Å². The molecule has 1 unspecified atom stereocenters. The van der Waals surface area contributed by atoms with E-state index in [1.165, 1.54) is 28.5 Å². The van der Waals surface area contributed by atoms with Gasteiger partial charge in [0.25, 0.3) is 0 Å². The number of aryl methyl sites for hydroxylation is 1. The van der Waals surface area contributed by atoms with Crippen molar-refractivity contribution in [3.8, 4) is 5.75 Å². The zero-order chi connectivity index (χ0) is 20.1. The Morgan fingerprint density at radius 3 is 2.93 bits per heavy atom. The Labute approximate surface area is 172 Å². The Morgan fingerprint density at radius 1 is 1.14 bits per heavy atom. The summed E-state index contributed by atoms with van der Waals surface area (Å²) in [5.74, 6) is 0.875. The molecule has 2 heterocycles. The maximum absolute atomic E-state index is 5.77. The average molecular weight is 391 g/mol. The van der Waals surface area contributed by atoms with Crippen LogP contribution in [0.2, 0.25) is 0 Å². The largest absolute Gasteiger partial charge is 0.497 e. The van der Waals surface area contributed by atoms with Gasteiger partial charge in [-0.2, -0.15) is 0 Å². The van der Waals surface area contributed by atoms with Crippen LogP contribution in [0.4, 0.5) is 0 Å². The van der Waals surface area contributed by atoms with Crippen LogP contribution < -0.4 is 10.5 Å². The summed E-state index contributed by atoms with van der Waals surface area (Å²) < 4.78 is 5.39. The molecule has 5 nitrogen and oxygen atoms in total. The Balaban J connectivity index is 1.66. The van der Waals surface area contributed by atoms with Gasteiger partial charge in [0.1, 0.15) is 5.75 Å². The second-order valence-electron chi connectivity index (χ2n) is 7.77. The third-order valence-corrected chi connectivity index (χ3v) is 5.91. The van der Waals surface area contributed by atoms with Gasteiger partial charge >= 0.3 is 0 Å². The van der Waals surface area contributed by atoms with Gasteiger partial charge in [-0.3, -0.25) is 14.9 Å². The molecular formula is C24H30N4O. The molecule has 0 aliphatic heterocycles. The zero-order valence-corrected chi connectivity index (χ0v) is 17.2. The van der Waals surface area contributed by atoms with Crippen LogP contribution in [0.3, 0.4) is 0 Å². The number of benzene rings is 1. The second-order valence-corrected chi connectivity index (χ2v) is 7.77. The lowest BCUT2D eigenvalue weighted by Crippen LogP contribution is -2.33. The first-order chi connectivity index (χ1) is 14.3. The summed E-state index contributed by atoms with van der Waals surface area (Å²) in [5.41, 5.74) is 9.52. The number of ether oxygens (including phenoxy) is 1. The molecule has 5 heteroatoms. The Hall–Kier alpha value is -2.50. The maximum Gasteiger partial charge on any atom is 0.119 e. The fraction of sp³-hybridized carbons (Fsp3) is 0.417. The predicted octanol–water partition coefficient (Wildman–Crippen LogP) is 4.26. The van der Waals surface area contributed by atoms with Crippen LogP contribution >= 0.6 is 0 Å². The highest BCUT2D eigenvalue weighted by molar-refractivity contribution is 5.85. The van der Waals surface area contributed by atoms with Crippen LogP contribution in [0, 0.1) is 0 Å². The molecule has 0 saturated heterocycles. The van der Waals surface area contributed by atoms with E-state index in [1.54, 1.807) is 7.11 Å². The molecule has 152 valence electrons. The monoisotopic (exact) mass is 390 g/mol. The molecule has 0 radical (unpaired) electrons. The normalized spacial score (nSPS) is 16.2. The quantitative estimate of drug-likeness (QED) is 0.582. The molecule has 0 spiro atoms. The number of aromatic nitrogens is 2. The van der Waals surface area contributed by atoms with Crippen molar-refractivity contribution in [3.63, 3.8) is 0 Å². The van der Waals surface area contributed by atoms with Crippen molar-refractivity contribution in [2.45, 2.75) is 44.7 Å². The first kappa shape index (κ1) is 19.8. The number of hydrogen-bond donors (Lipinski definition) is 1. The van der Waals surface area contributed by atoms with Gasteiger partial charge in [-0.25, -0.2) is 0 Å². The molecule has 1 aromatic carbocycles. The highest BCUT2D eigenvalue weighted by Crippen LogP contribution is 2.34. The van der Waals surface area contributed by atoms with Crippen LogP contribution in [-0.2, 0) is 13.0 Å². The lowest BCUT2D eigenvalue weighted by atomic mass is 9.90. The van der Waals surface area contributed by atoms with E-state index < -0.39 is 0 Å². The Bertz CT molecular complexity index is 959. The van der Waals surface area contributed by atoms with Gasteiger partial charge in [0.05, 0.1) is 24.5 Å². The summed E-state index contributed by atoms with van der Waals surface area (Å²) in [6.07, 6.45) is 9.44. The highest BCUT2D eigenvalue weighted by Gasteiger charge is 2.27. The van der Waals surface area contributed by atoms with Gasteiger partial charge in [0.15, 0.2) is 0 Å². The van der Waals surface area contributed by atoms with E-state index in [2.05, 4.69) is 35.2 Å². The molecule has 3 aromatic rings. The van der Waals surface area contributed by atoms with Gasteiger partial charge in [-0.15, -0.1) is 0 Å². The van der Waals surface area contributed by atoms with Crippen molar-refractivity contribution in [1.29, 1.82) is 0 Å². The average Bonchev–Trinajstić information content (AvgIpc) is 2.78. The maximum atomic E-state index is 5.77. The van der Waals surface area contributed by atoms with Crippen LogP contribution in [0.1, 0.15) is 48.7 Å². The van der Waals surface area contributed by atoms with E-state index in [9.17, 15) is 0 Å². The lowest BCUT2D eigenvalue weighted by molar-refractivity contribution is 0.162. The summed E-state index contributed by atoms with van der Waals surface area (Å²) in [7, 11) is 1.70. The molecular weight excluding hydrogens is 360 g/mol. The molecule has 1 aliphatic rings. The number of pyridine rings is 2. The van der Waals surface area contributed by atoms with Gasteiger partial charge in [-0.05, 0) is 86.5 Å². The first-order valence-electron chi connectivity index (χ1n) is 10.6. The van der Waals surface area contributed by atoms with Crippen LogP contribution in [0.25, 0.3) is 10.8 Å². The van der Waals surface area contributed by atoms with E-state index in [0.717, 1.165) is 56.8 Å². The van der Waals surface area contributed by atoms with Crippen LogP contribution in [0.15, 0.2) is 48.8 Å². The summed E-state index contributed by atoms with van der Waals surface area (Å²) in [5, 5.41) is 2.35. The van der Waals surface area contributed by atoms with Crippen LogP contribution in [-0.4, -0.2) is 35.1 Å². The molecule has 1 aliphatic carbocycles. The standard InChI is InChI=1S/C24H30N4O/c1-29-20-9-10-21-19(16-20)11-14-26-22(21)17-28(15-3-2-12-25)23-8-4-6-18-7-5-13-27-24(18)23/h5,7,9-11,13-14,16,23H,2-4,6,8,12,15,17,25H2,1H3. The minimum Gasteiger partial charge on any atom is -0.497 e. The summed E-state index contributed by atoms with van der Waals surface area (Å²) in [6.45, 7) is 2.56. The van der Waals surface area contributed by atoms with Crippen molar-refractivity contribution >= 4 is 10.8 Å². The minimum absolute atomic E-state index is 0.341. The first-order valence-corrected chi connectivity index (χ1v) is 10.6. The summed E-state index contributed by atoms with van der Waals surface area (Å²) in [6, 6.07) is 12.9. The molecule has 0 amide bonds. The predicted molar refractivity (Wildman–Crippen MR) is 117 cm³/mol. The number of nitrogens with zero attached hydrogens (tertiary/aromatic N) is 3. The number of rotatable bonds is 8. The molecule has 29 heavy (non-hydrogen) atoms. The molecule has 1 atom stereocenters. The number of methoxy groups -OCH3 is 1. The topological polar surface area (TPSA) is 64.3 Å². The van der Waals surface area contributed by atoms with E-state index in [4.69, 9.17) is 20.4 Å². The van der Waals surface area contributed by atoms with E-state index in [1.807, 2.05) is 18.5 Å². The molecule has 2 N–H and O–H groups in total. The zero-order valence-electron chi connectivity index (χ0n) is 17.2. The summed E-state index contributed by atoms with van der Waals surface area (Å²) in [4.78, 5) is 12.1. The molecule has 4 rings (SSSR count). The third kappa shape index (κ3) is 4.41. The summed E-state index contributed by atoms with van der Waals surface area (Å²) >= 11 is 0. The third-order valence-electron chi connectivity index (χ3n) is 5.91. The van der Waals surface area contributed by atoms with Crippen molar-refractivity contribution in [2.75, 3.05) is 20.2 Å². The number of unbranched alkanes of at least 4 members (excludes halogenated alkanes) is 1. The van der Waals surface area contributed by atoms with Gasteiger partial charge in [0, 0.05) is 24.3 Å². The fourth-order valence-electron chi connectivity index (χ4n) is 4.41. The smallest absolute Gasteiger partial charge is 0.119 e. The number of fused-ring (bicyclic) bond motifs is 2. The minimum atomic E-state index is 0.341. The second kappa shape index (κ2) is 9.33. The number of hydrogen-bond acceptors (Lipinski definition) is 5. The van der Waals surface area contributed by atoms with Gasteiger partial charge < -0.3 is 10.5 Å². The van der Waals surface area contributed by atoms with Crippen molar-refractivity contribution in [3.05, 3.63) is 65.7 Å². The molecule has 0 bridgehead atoms. The Morgan fingerprint density at radius 2 is 2.07 bits per heavy atom. The Kier molecular flexibility index (Phi) is 6.37. The van der Waals surface area contributed by atoms with Crippen molar-refractivity contribution < 1.29 is 4.74 Å². The SMILES string of the molecule is COc1ccc2c(CN(CCCCN)C3CCCc4cccnc43)nccc2c1. The van der Waals surface area contributed by atoms with Crippen molar-refractivity contribution in [2.24, 2.45) is 5.73 Å².